The van der Waals surface area contributed by atoms with Crippen molar-refractivity contribution < 1.29 is 4.39 Å². The Morgan fingerprint density at radius 2 is 2.21 bits per heavy atom. The van der Waals surface area contributed by atoms with E-state index in [2.05, 4.69) is 10.2 Å². The lowest BCUT2D eigenvalue weighted by atomic mass is 10.3. The van der Waals surface area contributed by atoms with Crippen LogP contribution in [0, 0.1) is 5.82 Å². The van der Waals surface area contributed by atoms with E-state index in [4.69, 9.17) is 5.73 Å². The molecule has 1 aromatic carbocycles. The molecular weight excluding hydrogens is 203 g/mol. The van der Waals surface area contributed by atoms with E-state index in [1.807, 2.05) is 0 Å². The summed E-state index contributed by atoms with van der Waals surface area (Å²) in [5.74, 6) is 0.0754. The van der Waals surface area contributed by atoms with Gasteiger partial charge in [-0.1, -0.05) is 11.3 Å². The van der Waals surface area contributed by atoms with Gasteiger partial charge in [0.1, 0.15) is 5.82 Å². The Kier molecular flexibility index (Phi) is 1.33. The predicted octanol–water partition coefficient (Wildman–Crippen LogP) is 1.67. The lowest BCUT2D eigenvalue weighted by Gasteiger charge is -1.91. The third-order valence-corrected chi connectivity index (χ3v) is 3.02. The summed E-state index contributed by atoms with van der Waals surface area (Å²) in [4.78, 5) is 0.683. The molecule has 0 saturated carbocycles. The maximum Gasteiger partial charge on any atom is 0.227 e. The summed E-state index contributed by atoms with van der Waals surface area (Å²) in [6, 6.07) is 4.54. The molecule has 2 heterocycles. The maximum absolute atomic E-state index is 12.9. The number of thiazole rings is 1. The number of anilines is 1. The van der Waals surface area contributed by atoms with E-state index in [0.717, 1.165) is 10.2 Å². The fraction of sp³-hybridized carbons (Fsp3) is 0. The Morgan fingerprint density at radius 3 is 3.07 bits per heavy atom. The van der Waals surface area contributed by atoms with Gasteiger partial charge in [0.25, 0.3) is 0 Å². The van der Waals surface area contributed by atoms with E-state index in [1.165, 1.54) is 23.5 Å². The molecule has 6 heteroatoms. The van der Waals surface area contributed by atoms with Crippen molar-refractivity contribution in [2.45, 2.75) is 0 Å². The highest BCUT2D eigenvalue weighted by Crippen LogP contribution is 2.27. The molecule has 0 aliphatic carbocycles. The molecule has 4 nitrogen and oxygen atoms in total. The molecule has 0 aliphatic heterocycles. The minimum Gasteiger partial charge on any atom is -0.368 e. The number of benzene rings is 1. The van der Waals surface area contributed by atoms with Crippen LogP contribution < -0.4 is 5.73 Å². The van der Waals surface area contributed by atoms with Crippen LogP contribution in [-0.2, 0) is 0 Å². The molecule has 3 rings (SSSR count). The van der Waals surface area contributed by atoms with Crippen molar-refractivity contribution in [3.63, 3.8) is 0 Å². The van der Waals surface area contributed by atoms with Crippen molar-refractivity contribution in [2.75, 3.05) is 5.73 Å². The van der Waals surface area contributed by atoms with Crippen LogP contribution >= 0.6 is 11.3 Å². The molecule has 2 N–H and O–H groups in total. The van der Waals surface area contributed by atoms with Gasteiger partial charge >= 0.3 is 0 Å². The maximum atomic E-state index is 12.9. The zero-order valence-corrected chi connectivity index (χ0v) is 7.75. The van der Waals surface area contributed by atoms with Gasteiger partial charge in [-0.3, -0.25) is 4.40 Å². The van der Waals surface area contributed by atoms with Crippen LogP contribution in [0.5, 0.6) is 0 Å². The van der Waals surface area contributed by atoms with Gasteiger partial charge in [0.2, 0.25) is 10.9 Å². The molecular formula is C8H5FN4S. The average Bonchev–Trinajstić information content (AvgIpc) is 2.66. The largest absolute Gasteiger partial charge is 0.368 e. The molecule has 0 atom stereocenters. The van der Waals surface area contributed by atoms with Crippen molar-refractivity contribution in [3.8, 4) is 0 Å². The molecule has 0 unspecified atom stereocenters. The van der Waals surface area contributed by atoms with E-state index in [1.54, 1.807) is 10.5 Å². The van der Waals surface area contributed by atoms with Crippen LogP contribution in [0.15, 0.2) is 18.2 Å². The smallest absolute Gasteiger partial charge is 0.227 e. The van der Waals surface area contributed by atoms with Gasteiger partial charge < -0.3 is 5.73 Å². The van der Waals surface area contributed by atoms with Gasteiger partial charge in [-0.05, 0) is 18.2 Å². The molecule has 3 aromatic rings. The van der Waals surface area contributed by atoms with E-state index in [9.17, 15) is 4.39 Å². The normalized spacial score (nSPS) is 11.5. The molecule has 0 fully saturated rings. The second-order valence-corrected chi connectivity index (χ2v) is 3.90. The lowest BCUT2D eigenvalue weighted by Crippen LogP contribution is -1.92. The lowest BCUT2D eigenvalue weighted by molar-refractivity contribution is 0.630. The Hall–Kier alpha value is -1.69. The zero-order chi connectivity index (χ0) is 9.71. The van der Waals surface area contributed by atoms with Gasteiger partial charge in [-0.15, -0.1) is 10.2 Å². The molecule has 0 spiro atoms. The van der Waals surface area contributed by atoms with Crippen LogP contribution in [0.3, 0.4) is 0 Å². The van der Waals surface area contributed by atoms with Crippen LogP contribution in [0.25, 0.3) is 15.2 Å². The third kappa shape index (κ3) is 0.856. The molecule has 0 amide bonds. The summed E-state index contributed by atoms with van der Waals surface area (Å²) >= 11 is 1.37. The average molecular weight is 208 g/mol. The number of hydrogen-bond donors (Lipinski definition) is 1. The molecule has 0 bridgehead atoms. The summed E-state index contributed by atoms with van der Waals surface area (Å²) in [7, 11) is 0. The minimum absolute atomic E-state index is 0.256. The van der Waals surface area contributed by atoms with Crippen molar-refractivity contribution in [2.24, 2.45) is 0 Å². The summed E-state index contributed by atoms with van der Waals surface area (Å²) in [6.07, 6.45) is 0. The number of aromatic nitrogens is 3. The fourth-order valence-corrected chi connectivity index (χ4v) is 2.42. The quantitative estimate of drug-likeness (QED) is 0.611. The van der Waals surface area contributed by atoms with Crippen LogP contribution in [0.1, 0.15) is 0 Å². The van der Waals surface area contributed by atoms with Crippen LogP contribution in [-0.4, -0.2) is 14.6 Å². The summed E-state index contributed by atoms with van der Waals surface area (Å²) in [5.41, 5.74) is 6.47. The van der Waals surface area contributed by atoms with Gasteiger partial charge in [-0.2, -0.15) is 0 Å². The number of rotatable bonds is 0. The molecule has 0 aliphatic rings. The molecule has 14 heavy (non-hydrogen) atoms. The Labute approximate surface area is 81.8 Å². The molecule has 0 saturated heterocycles. The monoisotopic (exact) mass is 208 g/mol. The highest BCUT2D eigenvalue weighted by Gasteiger charge is 2.09. The van der Waals surface area contributed by atoms with E-state index < -0.39 is 0 Å². The van der Waals surface area contributed by atoms with E-state index in [0.29, 0.717) is 10.9 Å². The SMILES string of the molecule is Nc1nnc2sc3cc(F)ccc3n12. The first-order valence-electron chi connectivity index (χ1n) is 3.94. The van der Waals surface area contributed by atoms with Crippen LogP contribution in [0.4, 0.5) is 10.3 Å². The number of nitrogen functional groups attached to an aromatic ring is 1. The highest BCUT2D eigenvalue weighted by atomic mass is 32.1. The Balaban J connectivity index is 2.58. The standard InChI is InChI=1S/C8H5FN4S/c9-4-1-2-5-6(3-4)14-8-12-11-7(10)13(5)8/h1-3H,(H2,10,11). The van der Waals surface area contributed by atoms with Gasteiger partial charge in [0, 0.05) is 0 Å². The first kappa shape index (κ1) is 7.69. The van der Waals surface area contributed by atoms with Crippen LogP contribution in [0.2, 0.25) is 0 Å². The Morgan fingerprint density at radius 1 is 1.36 bits per heavy atom. The second kappa shape index (κ2) is 2.42. The van der Waals surface area contributed by atoms with Crippen molar-refractivity contribution >= 4 is 32.5 Å². The van der Waals surface area contributed by atoms with Gasteiger partial charge in [0.15, 0.2) is 0 Å². The van der Waals surface area contributed by atoms with Gasteiger partial charge in [0.05, 0.1) is 10.2 Å². The topological polar surface area (TPSA) is 56.2 Å². The number of fused-ring (bicyclic) bond motifs is 3. The molecule has 2 aromatic heterocycles. The summed E-state index contributed by atoms with van der Waals surface area (Å²) in [6.45, 7) is 0. The minimum atomic E-state index is -0.256. The zero-order valence-electron chi connectivity index (χ0n) is 6.94. The highest BCUT2D eigenvalue weighted by molar-refractivity contribution is 7.23. The number of hydrogen-bond acceptors (Lipinski definition) is 4. The van der Waals surface area contributed by atoms with Crippen molar-refractivity contribution in [1.82, 2.24) is 14.6 Å². The Bertz CT molecular complexity index is 627. The third-order valence-electron chi connectivity index (χ3n) is 2.02. The van der Waals surface area contributed by atoms with Crippen molar-refractivity contribution in [3.05, 3.63) is 24.0 Å². The van der Waals surface area contributed by atoms with Crippen molar-refractivity contribution in [1.29, 1.82) is 0 Å². The van der Waals surface area contributed by atoms with Gasteiger partial charge in [-0.25, -0.2) is 4.39 Å². The predicted molar refractivity (Wildman–Crippen MR) is 52.7 cm³/mol. The van der Waals surface area contributed by atoms with E-state index in [-0.39, 0.29) is 5.82 Å². The first-order valence-corrected chi connectivity index (χ1v) is 4.76. The number of halogens is 1. The molecule has 0 radical (unpaired) electrons. The fourth-order valence-electron chi connectivity index (χ4n) is 1.43. The number of nitrogens with two attached hydrogens (primary N) is 1. The summed E-state index contributed by atoms with van der Waals surface area (Å²) < 4.78 is 15.4. The summed E-state index contributed by atoms with van der Waals surface area (Å²) in [5, 5.41) is 7.60. The first-order chi connectivity index (χ1) is 6.75. The second-order valence-electron chi connectivity index (χ2n) is 2.89. The van der Waals surface area contributed by atoms with E-state index >= 15 is 0 Å². The molecule has 70 valence electrons. The number of nitrogens with zero attached hydrogens (tertiary/aromatic N) is 3.